The molecule has 0 aliphatic carbocycles. The molecule has 1 aromatic carbocycles. The van der Waals surface area contributed by atoms with Gasteiger partial charge in [-0.05, 0) is 35.0 Å². The van der Waals surface area contributed by atoms with E-state index in [-0.39, 0.29) is 12.0 Å². The summed E-state index contributed by atoms with van der Waals surface area (Å²) in [5, 5.41) is 0.318. The standard InChI is InChI=1S/C12H9BrClFN2O/c1-6-11(13)12(18)17-10(16-6)5-7-8(14)3-2-4-9(7)15/h2-4H,5H2,1H3,(H,16,17,18). The highest BCUT2D eigenvalue weighted by atomic mass is 79.9. The van der Waals surface area contributed by atoms with Gasteiger partial charge in [0.25, 0.3) is 5.56 Å². The number of hydrogen-bond acceptors (Lipinski definition) is 2. The molecule has 0 bridgehead atoms. The fourth-order valence-corrected chi connectivity index (χ4v) is 2.00. The molecule has 3 nitrogen and oxygen atoms in total. The molecule has 0 atom stereocenters. The number of nitrogens with zero attached hydrogens (tertiary/aromatic N) is 1. The van der Waals surface area contributed by atoms with E-state index in [0.29, 0.717) is 26.6 Å². The van der Waals surface area contributed by atoms with Gasteiger partial charge < -0.3 is 4.98 Å². The lowest BCUT2D eigenvalue weighted by Gasteiger charge is -2.06. The van der Waals surface area contributed by atoms with Gasteiger partial charge in [-0.1, -0.05) is 17.7 Å². The monoisotopic (exact) mass is 330 g/mol. The smallest absolute Gasteiger partial charge is 0.265 e. The molecule has 18 heavy (non-hydrogen) atoms. The van der Waals surface area contributed by atoms with E-state index in [4.69, 9.17) is 11.6 Å². The maximum Gasteiger partial charge on any atom is 0.265 e. The van der Waals surface area contributed by atoms with Crippen molar-refractivity contribution in [1.29, 1.82) is 0 Å². The molecule has 1 aromatic heterocycles. The summed E-state index contributed by atoms with van der Waals surface area (Å²) in [5.41, 5.74) is 0.593. The maximum absolute atomic E-state index is 13.6. The molecule has 0 radical (unpaired) electrons. The van der Waals surface area contributed by atoms with Crippen LogP contribution in [0.3, 0.4) is 0 Å². The number of aryl methyl sites for hydroxylation is 1. The van der Waals surface area contributed by atoms with Gasteiger partial charge in [0.1, 0.15) is 16.1 Å². The molecule has 2 rings (SSSR count). The molecule has 0 fully saturated rings. The molecule has 0 saturated carbocycles. The van der Waals surface area contributed by atoms with Crippen molar-refractivity contribution in [3.63, 3.8) is 0 Å². The van der Waals surface area contributed by atoms with E-state index in [0.717, 1.165) is 0 Å². The van der Waals surface area contributed by atoms with E-state index >= 15 is 0 Å². The minimum Gasteiger partial charge on any atom is -0.309 e. The number of nitrogens with one attached hydrogen (secondary N) is 1. The quantitative estimate of drug-likeness (QED) is 0.918. The van der Waals surface area contributed by atoms with Crippen molar-refractivity contribution in [1.82, 2.24) is 9.97 Å². The number of aromatic amines is 1. The van der Waals surface area contributed by atoms with Crippen molar-refractivity contribution in [3.8, 4) is 0 Å². The molecule has 2 aromatic rings. The van der Waals surface area contributed by atoms with E-state index in [1.165, 1.54) is 12.1 Å². The number of benzene rings is 1. The second-order valence-corrected chi connectivity index (χ2v) is 4.99. The van der Waals surface area contributed by atoms with Crippen LogP contribution in [0.15, 0.2) is 27.5 Å². The van der Waals surface area contributed by atoms with Gasteiger partial charge in [-0.25, -0.2) is 9.37 Å². The van der Waals surface area contributed by atoms with Crippen LogP contribution < -0.4 is 5.56 Å². The largest absolute Gasteiger partial charge is 0.309 e. The van der Waals surface area contributed by atoms with Crippen LogP contribution in [0.2, 0.25) is 5.02 Å². The third kappa shape index (κ3) is 2.62. The molecule has 1 N–H and O–H groups in total. The molecule has 0 aliphatic rings. The number of hydrogen-bond donors (Lipinski definition) is 1. The minimum absolute atomic E-state index is 0.148. The van der Waals surface area contributed by atoms with Crippen LogP contribution in [0.4, 0.5) is 4.39 Å². The highest BCUT2D eigenvalue weighted by Gasteiger charge is 2.11. The van der Waals surface area contributed by atoms with E-state index in [1.54, 1.807) is 13.0 Å². The first-order chi connectivity index (χ1) is 8.49. The predicted octanol–water partition coefficient (Wildman–Crippen LogP) is 3.22. The number of rotatable bonds is 2. The molecule has 6 heteroatoms. The molecular formula is C12H9BrClFN2O. The Balaban J connectivity index is 2.44. The van der Waals surface area contributed by atoms with E-state index in [1.807, 2.05) is 0 Å². The Morgan fingerprint density at radius 3 is 2.83 bits per heavy atom. The van der Waals surface area contributed by atoms with Crippen molar-refractivity contribution >= 4 is 27.5 Å². The van der Waals surface area contributed by atoms with Gasteiger partial charge in [0.2, 0.25) is 0 Å². The van der Waals surface area contributed by atoms with E-state index < -0.39 is 5.82 Å². The Labute approximate surface area is 116 Å². The number of halogens is 3. The van der Waals surface area contributed by atoms with Gasteiger partial charge in [0, 0.05) is 17.0 Å². The summed E-state index contributed by atoms with van der Waals surface area (Å²) in [4.78, 5) is 18.3. The summed E-state index contributed by atoms with van der Waals surface area (Å²) >= 11 is 9.04. The van der Waals surface area contributed by atoms with Crippen LogP contribution in [0.25, 0.3) is 0 Å². The van der Waals surface area contributed by atoms with Crippen LogP contribution in [0.1, 0.15) is 17.1 Å². The van der Waals surface area contributed by atoms with Crippen LogP contribution in [-0.2, 0) is 6.42 Å². The van der Waals surface area contributed by atoms with Gasteiger partial charge in [0.15, 0.2) is 0 Å². The van der Waals surface area contributed by atoms with Gasteiger partial charge in [-0.15, -0.1) is 0 Å². The highest BCUT2D eigenvalue weighted by Crippen LogP contribution is 2.21. The fourth-order valence-electron chi connectivity index (χ4n) is 1.58. The lowest BCUT2D eigenvalue weighted by Crippen LogP contribution is -2.14. The second kappa shape index (κ2) is 5.20. The average Bonchev–Trinajstić information content (AvgIpc) is 2.31. The Kier molecular flexibility index (Phi) is 3.82. The summed E-state index contributed by atoms with van der Waals surface area (Å²) in [5.74, 6) is -0.0292. The predicted molar refractivity (Wildman–Crippen MR) is 71.5 cm³/mol. The Bertz CT molecular complexity index is 637. The summed E-state index contributed by atoms with van der Waals surface area (Å²) in [6.07, 6.45) is 0.148. The van der Waals surface area contributed by atoms with Crippen LogP contribution in [0, 0.1) is 12.7 Å². The first-order valence-electron chi connectivity index (χ1n) is 5.17. The topological polar surface area (TPSA) is 45.8 Å². The van der Waals surface area contributed by atoms with Crippen LogP contribution in [-0.4, -0.2) is 9.97 Å². The number of aromatic nitrogens is 2. The second-order valence-electron chi connectivity index (χ2n) is 3.79. The highest BCUT2D eigenvalue weighted by molar-refractivity contribution is 9.10. The van der Waals surface area contributed by atoms with Crippen molar-refractivity contribution in [3.05, 3.63) is 60.9 Å². The fraction of sp³-hybridized carbons (Fsp3) is 0.167. The van der Waals surface area contributed by atoms with Crippen molar-refractivity contribution < 1.29 is 4.39 Å². The van der Waals surface area contributed by atoms with E-state index in [2.05, 4.69) is 25.9 Å². The van der Waals surface area contributed by atoms with Crippen molar-refractivity contribution in [2.45, 2.75) is 13.3 Å². The normalized spacial score (nSPS) is 10.7. The zero-order valence-electron chi connectivity index (χ0n) is 9.43. The van der Waals surface area contributed by atoms with Crippen LogP contribution in [0.5, 0.6) is 0 Å². The summed E-state index contributed by atoms with van der Waals surface area (Å²) < 4.78 is 14.0. The molecule has 0 amide bonds. The Morgan fingerprint density at radius 1 is 1.50 bits per heavy atom. The van der Waals surface area contributed by atoms with Gasteiger partial charge in [-0.2, -0.15) is 0 Å². The minimum atomic E-state index is -0.411. The lowest BCUT2D eigenvalue weighted by molar-refractivity contribution is 0.612. The molecule has 1 heterocycles. The summed E-state index contributed by atoms with van der Waals surface area (Å²) in [7, 11) is 0. The molecular weight excluding hydrogens is 322 g/mol. The van der Waals surface area contributed by atoms with Gasteiger partial charge in [-0.3, -0.25) is 4.79 Å². The van der Waals surface area contributed by atoms with E-state index in [9.17, 15) is 9.18 Å². The summed E-state index contributed by atoms with van der Waals surface area (Å²) in [6, 6.07) is 4.46. The molecule has 94 valence electrons. The SMILES string of the molecule is Cc1nc(Cc2c(F)cccc2Cl)[nH]c(=O)c1Br. The zero-order valence-corrected chi connectivity index (χ0v) is 11.8. The third-order valence-electron chi connectivity index (χ3n) is 2.48. The van der Waals surface area contributed by atoms with Crippen molar-refractivity contribution in [2.75, 3.05) is 0 Å². The first kappa shape index (κ1) is 13.2. The molecule has 0 unspecified atom stereocenters. The third-order valence-corrected chi connectivity index (χ3v) is 3.77. The van der Waals surface area contributed by atoms with Gasteiger partial charge >= 0.3 is 0 Å². The maximum atomic E-state index is 13.6. The zero-order chi connectivity index (χ0) is 13.3. The van der Waals surface area contributed by atoms with Crippen molar-refractivity contribution in [2.24, 2.45) is 0 Å². The Morgan fingerprint density at radius 2 is 2.22 bits per heavy atom. The number of H-pyrrole nitrogens is 1. The molecule has 0 spiro atoms. The molecule has 0 aliphatic heterocycles. The lowest BCUT2D eigenvalue weighted by atomic mass is 10.1. The van der Waals surface area contributed by atoms with Gasteiger partial charge in [0.05, 0.1) is 5.69 Å². The summed E-state index contributed by atoms with van der Waals surface area (Å²) in [6.45, 7) is 1.70. The first-order valence-corrected chi connectivity index (χ1v) is 6.34. The molecule has 0 saturated heterocycles. The Hall–Kier alpha value is -1.20. The van der Waals surface area contributed by atoms with Crippen LogP contribution >= 0.6 is 27.5 Å². The average molecular weight is 332 g/mol.